The van der Waals surface area contributed by atoms with Gasteiger partial charge in [-0.1, -0.05) is 0 Å². The Kier molecular flexibility index (Phi) is 2.69. The summed E-state index contributed by atoms with van der Waals surface area (Å²) >= 11 is 0. The SMILES string of the molecule is Cc1nccnc1NC(C)(C)C(=O)O. The lowest BCUT2D eigenvalue weighted by Crippen LogP contribution is -2.40. The number of nitrogens with zero attached hydrogens (tertiary/aromatic N) is 2. The molecule has 14 heavy (non-hydrogen) atoms. The van der Waals surface area contributed by atoms with Crippen molar-refractivity contribution < 1.29 is 9.90 Å². The second-order valence-corrected chi connectivity index (χ2v) is 3.55. The molecule has 0 saturated heterocycles. The highest BCUT2D eigenvalue weighted by Crippen LogP contribution is 2.14. The molecule has 2 N–H and O–H groups in total. The molecule has 0 aliphatic rings. The van der Waals surface area contributed by atoms with E-state index in [1.807, 2.05) is 0 Å². The zero-order valence-electron chi connectivity index (χ0n) is 8.40. The fourth-order valence-corrected chi connectivity index (χ4v) is 0.880. The van der Waals surface area contributed by atoms with Crippen LogP contribution in [-0.4, -0.2) is 26.6 Å². The van der Waals surface area contributed by atoms with Gasteiger partial charge in [0.15, 0.2) is 0 Å². The number of carboxylic acids is 1. The van der Waals surface area contributed by atoms with E-state index >= 15 is 0 Å². The molecule has 0 spiro atoms. The average Bonchev–Trinajstić information content (AvgIpc) is 2.08. The van der Waals surface area contributed by atoms with E-state index in [0.717, 1.165) is 0 Å². The quantitative estimate of drug-likeness (QED) is 0.754. The summed E-state index contributed by atoms with van der Waals surface area (Å²) < 4.78 is 0. The van der Waals surface area contributed by atoms with E-state index in [9.17, 15) is 4.79 Å². The van der Waals surface area contributed by atoms with Gasteiger partial charge in [-0.05, 0) is 20.8 Å². The van der Waals surface area contributed by atoms with Gasteiger partial charge in [-0.25, -0.2) is 9.78 Å². The lowest BCUT2D eigenvalue weighted by molar-refractivity contribution is -0.141. The number of aryl methyl sites for hydroxylation is 1. The van der Waals surface area contributed by atoms with E-state index in [2.05, 4.69) is 15.3 Å². The first-order valence-corrected chi connectivity index (χ1v) is 4.22. The highest BCUT2D eigenvalue weighted by molar-refractivity contribution is 5.81. The van der Waals surface area contributed by atoms with Gasteiger partial charge in [0.25, 0.3) is 0 Å². The molecule has 1 rings (SSSR count). The number of rotatable bonds is 3. The summed E-state index contributed by atoms with van der Waals surface area (Å²) in [5.41, 5.74) is -0.359. The van der Waals surface area contributed by atoms with Crippen molar-refractivity contribution in [3.63, 3.8) is 0 Å². The minimum absolute atomic E-state index is 0.500. The van der Waals surface area contributed by atoms with Gasteiger partial charge in [0.1, 0.15) is 11.4 Å². The van der Waals surface area contributed by atoms with E-state index < -0.39 is 11.5 Å². The number of carboxylic acid groups (broad SMARTS) is 1. The normalized spacial score (nSPS) is 11.1. The third kappa shape index (κ3) is 2.18. The van der Waals surface area contributed by atoms with Crippen molar-refractivity contribution >= 4 is 11.8 Å². The van der Waals surface area contributed by atoms with Crippen molar-refractivity contribution in [1.29, 1.82) is 0 Å². The minimum atomic E-state index is -1.04. The first-order chi connectivity index (χ1) is 6.43. The highest BCUT2D eigenvalue weighted by atomic mass is 16.4. The molecule has 5 nitrogen and oxygen atoms in total. The average molecular weight is 195 g/mol. The van der Waals surface area contributed by atoms with E-state index in [0.29, 0.717) is 11.5 Å². The lowest BCUT2D eigenvalue weighted by atomic mass is 10.1. The molecular formula is C9H13N3O2. The Morgan fingerprint density at radius 3 is 2.50 bits per heavy atom. The van der Waals surface area contributed by atoms with Crippen molar-refractivity contribution in [2.24, 2.45) is 0 Å². The number of aliphatic carboxylic acids is 1. The largest absolute Gasteiger partial charge is 0.480 e. The first kappa shape index (κ1) is 10.4. The zero-order chi connectivity index (χ0) is 10.8. The van der Waals surface area contributed by atoms with Gasteiger partial charge in [-0.3, -0.25) is 4.98 Å². The summed E-state index contributed by atoms with van der Waals surface area (Å²) in [6.45, 7) is 4.92. The van der Waals surface area contributed by atoms with Gasteiger partial charge in [0.05, 0.1) is 5.69 Å². The zero-order valence-corrected chi connectivity index (χ0v) is 8.40. The van der Waals surface area contributed by atoms with Gasteiger partial charge in [-0.15, -0.1) is 0 Å². The van der Waals surface area contributed by atoms with Crippen LogP contribution in [0.2, 0.25) is 0 Å². The van der Waals surface area contributed by atoms with Gasteiger partial charge in [0.2, 0.25) is 0 Å². The topological polar surface area (TPSA) is 75.1 Å². The van der Waals surface area contributed by atoms with Crippen LogP contribution in [0.1, 0.15) is 19.5 Å². The molecule has 0 bridgehead atoms. The molecule has 0 unspecified atom stereocenters. The maximum Gasteiger partial charge on any atom is 0.328 e. The van der Waals surface area contributed by atoms with Crippen LogP contribution in [0.5, 0.6) is 0 Å². The molecule has 1 heterocycles. The second kappa shape index (κ2) is 3.61. The molecule has 0 radical (unpaired) electrons. The van der Waals surface area contributed by atoms with Crippen molar-refractivity contribution in [3.8, 4) is 0 Å². The molecule has 0 atom stereocenters. The van der Waals surface area contributed by atoms with Crippen LogP contribution in [0.15, 0.2) is 12.4 Å². The number of anilines is 1. The van der Waals surface area contributed by atoms with E-state index in [1.54, 1.807) is 27.0 Å². The summed E-state index contributed by atoms with van der Waals surface area (Å²) in [6, 6.07) is 0. The molecule has 0 aromatic carbocycles. The highest BCUT2D eigenvalue weighted by Gasteiger charge is 2.27. The molecule has 1 aromatic rings. The van der Waals surface area contributed by atoms with Crippen LogP contribution in [0, 0.1) is 6.92 Å². The van der Waals surface area contributed by atoms with Crippen LogP contribution in [0.3, 0.4) is 0 Å². The molecule has 0 fully saturated rings. The second-order valence-electron chi connectivity index (χ2n) is 3.55. The summed E-state index contributed by atoms with van der Waals surface area (Å²) in [5.74, 6) is -0.428. The number of nitrogens with one attached hydrogen (secondary N) is 1. The Bertz CT molecular complexity index is 350. The van der Waals surface area contributed by atoms with E-state index in [4.69, 9.17) is 5.11 Å². The van der Waals surface area contributed by atoms with Crippen molar-refractivity contribution in [3.05, 3.63) is 18.1 Å². The molecule has 0 amide bonds. The Morgan fingerprint density at radius 1 is 1.43 bits per heavy atom. The van der Waals surface area contributed by atoms with Crippen LogP contribution in [-0.2, 0) is 4.79 Å². The summed E-state index contributed by atoms with van der Waals surface area (Å²) in [6.07, 6.45) is 3.08. The summed E-state index contributed by atoms with van der Waals surface area (Å²) in [5, 5.41) is 11.7. The van der Waals surface area contributed by atoms with Crippen molar-refractivity contribution in [2.75, 3.05) is 5.32 Å². The van der Waals surface area contributed by atoms with E-state index in [1.165, 1.54) is 6.20 Å². The number of aromatic nitrogens is 2. The van der Waals surface area contributed by atoms with Crippen molar-refractivity contribution in [2.45, 2.75) is 26.3 Å². The summed E-state index contributed by atoms with van der Waals surface area (Å²) in [4.78, 5) is 18.8. The van der Waals surface area contributed by atoms with Crippen LogP contribution >= 0.6 is 0 Å². The number of hydrogen-bond acceptors (Lipinski definition) is 4. The smallest absolute Gasteiger partial charge is 0.328 e. The van der Waals surface area contributed by atoms with Gasteiger partial charge >= 0.3 is 5.97 Å². The number of carbonyl (C=O) groups is 1. The Balaban J connectivity index is 2.89. The molecular weight excluding hydrogens is 182 g/mol. The van der Waals surface area contributed by atoms with Gasteiger partial charge in [0, 0.05) is 12.4 Å². The predicted molar refractivity (Wildman–Crippen MR) is 52.1 cm³/mol. The monoisotopic (exact) mass is 195 g/mol. The maximum absolute atomic E-state index is 10.8. The standard InChI is InChI=1S/C9H13N3O2/c1-6-7(11-5-4-10-6)12-9(2,3)8(13)14/h4-5H,1-3H3,(H,11,12)(H,13,14). The van der Waals surface area contributed by atoms with Crippen LogP contribution in [0.4, 0.5) is 5.82 Å². The predicted octanol–water partition coefficient (Wildman–Crippen LogP) is 1.06. The third-order valence-corrected chi connectivity index (χ3v) is 1.85. The Labute approximate surface area is 82.2 Å². The van der Waals surface area contributed by atoms with E-state index in [-0.39, 0.29) is 0 Å². The van der Waals surface area contributed by atoms with Crippen LogP contribution < -0.4 is 5.32 Å². The van der Waals surface area contributed by atoms with Crippen LogP contribution in [0.25, 0.3) is 0 Å². The fraction of sp³-hybridized carbons (Fsp3) is 0.444. The number of hydrogen-bond donors (Lipinski definition) is 2. The third-order valence-electron chi connectivity index (χ3n) is 1.85. The minimum Gasteiger partial charge on any atom is -0.480 e. The molecule has 0 aliphatic carbocycles. The molecule has 5 heteroatoms. The first-order valence-electron chi connectivity index (χ1n) is 4.22. The lowest BCUT2D eigenvalue weighted by Gasteiger charge is -2.22. The molecule has 76 valence electrons. The Hall–Kier alpha value is -1.65. The Morgan fingerprint density at radius 2 is 2.00 bits per heavy atom. The maximum atomic E-state index is 10.8. The summed E-state index contributed by atoms with van der Waals surface area (Å²) in [7, 11) is 0. The fourth-order valence-electron chi connectivity index (χ4n) is 0.880. The van der Waals surface area contributed by atoms with Gasteiger partial charge < -0.3 is 10.4 Å². The van der Waals surface area contributed by atoms with Gasteiger partial charge in [-0.2, -0.15) is 0 Å². The van der Waals surface area contributed by atoms with Crippen molar-refractivity contribution in [1.82, 2.24) is 9.97 Å². The molecule has 0 saturated carbocycles. The molecule has 1 aromatic heterocycles. The molecule has 0 aliphatic heterocycles.